The third-order valence-electron chi connectivity index (χ3n) is 4.67. The number of H-pyrrole nitrogens is 2. The Labute approximate surface area is 155 Å². The lowest BCUT2D eigenvalue weighted by Gasteiger charge is -2.12. The number of hydrogen-bond acceptors (Lipinski definition) is 2. The summed E-state index contributed by atoms with van der Waals surface area (Å²) in [6.07, 6.45) is 3.44. The molecule has 2 aromatic heterocycles. The largest absolute Gasteiger partial charge is 0.366 e. The first-order chi connectivity index (χ1) is 13.1. The molecule has 2 amide bonds. The van der Waals surface area contributed by atoms with Crippen LogP contribution in [0.15, 0.2) is 60.9 Å². The SMILES string of the molecule is CNC(=O)/C(=C(\C(N)=O)c1c[nH]c2ccccc12)c1c[nH]c2ccccc12. The molecule has 0 fully saturated rings. The third kappa shape index (κ3) is 2.67. The summed E-state index contributed by atoms with van der Waals surface area (Å²) in [4.78, 5) is 31.6. The van der Waals surface area contributed by atoms with Gasteiger partial charge in [0.05, 0.1) is 11.1 Å². The van der Waals surface area contributed by atoms with Crippen LogP contribution >= 0.6 is 0 Å². The molecule has 0 saturated heterocycles. The fourth-order valence-electron chi connectivity index (χ4n) is 3.44. The Hall–Kier alpha value is -3.80. The van der Waals surface area contributed by atoms with Crippen LogP contribution in [0.25, 0.3) is 33.0 Å². The first-order valence-electron chi connectivity index (χ1n) is 8.51. The van der Waals surface area contributed by atoms with Crippen LogP contribution in [0.5, 0.6) is 0 Å². The van der Waals surface area contributed by atoms with E-state index in [-0.39, 0.29) is 17.1 Å². The van der Waals surface area contributed by atoms with Crippen LogP contribution in [0.2, 0.25) is 0 Å². The van der Waals surface area contributed by atoms with Gasteiger partial charge in [0.25, 0.3) is 5.91 Å². The number of para-hydroxylation sites is 2. The molecule has 0 aliphatic heterocycles. The molecule has 2 heterocycles. The van der Waals surface area contributed by atoms with E-state index in [4.69, 9.17) is 5.73 Å². The molecule has 6 heteroatoms. The molecular weight excluding hydrogens is 340 g/mol. The van der Waals surface area contributed by atoms with Crippen molar-refractivity contribution >= 4 is 44.8 Å². The Morgan fingerprint density at radius 2 is 1.30 bits per heavy atom. The molecular formula is C21H18N4O2. The minimum atomic E-state index is -0.663. The van der Waals surface area contributed by atoms with Crippen molar-refractivity contribution < 1.29 is 9.59 Å². The summed E-state index contributed by atoms with van der Waals surface area (Å²) < 4.78 is 0. The molecule has 6 nitrogen and oxygen atoms in total. The summed E-state index contributed by atoms with van der Waals surface area (Å²) in [5.74, 6) is -1.04. The summed E-state index contributed by atoms with van der Waals surface area (Å²) >= 11 is 0. The Kier molecular flexibility index (Phi) is 4.01. The lowest BCUT2D eigenvalue weighted by Crippen LogP contribution is -2.24. The van der Waals surface area contributed by atoms with Gasteiger partial charge in [0, 0.05) is 52.4 Å². The zero-order valence-corrected chi connectivity index (χ0v) is 14.7. The lowest BCUT2D eigenvalue weighted by molar-refractivity contribution is -0.116. The Bertz CT molecular complexity index is 1210. The van der Waals surface area contributed by atoms with E-state index in [1.54, 1.807) is 12.4 Å². The molecule has 0 saturated carbocycles. The van der Waals surface area contributed by atoms with E-state index >= 15 is 0 Å². The number of likely N-dealkylation sites (N-methyl/N-ethyl adjacent to an activating group) is 1. The Morgan fingerprint density at radius 3 is 1.78 bits per heavy atom. The van der Waals surface area contributed by atoms with Crippen molar-refractivity contribution in [2.24, 2.45) is 5.73 Å². The minimum absolute atomic E-state index is 0.177. The van der Waals surface area contributed by atoms with Crippen molar-refractivity contribution in [3.8, 4) is 0 Å². The van der Waals surface area contributed by atoms with Crippen LogP contribution in [-0.4, -0.2) is 28.8 Å². The maximum atomic E-state index is 12.8. The summed E-state index contributed by atoms with van der Waals surface area (Å²) in [6, 6.07) is 15.2. The standard InChI is InChI=1S/C21H18N4O2/c1-23-21(27)19(15-11-25-17-9-5-3-7-13(15)17)18(20(22)26)14-10-24-16-8-4-2-6-12(14)16/h2-11,24-25H,1H3,(H2,22,26)(H,23,27)/b19-18-. The first-order valence-corrected chi connectivity index (χ1v) is 8.51. The molecule has 5 N–H and O–H groups in total. The van der Waals surface area contributed by atoms with Crippen LogP contribution in [0.1, 0.15) is 11.1 Å². The highest BCUT2D eigenvalue weighted by Crippen LogP contribution is 2.34. The van der Waals surface area contributed by atoms with Gasteiger partial charge in [0.2, 0.25) is 5.91 Å². The van der Waals surface area contributed by atoms with Crippen LogP contribution in [-0.2, 0) is 9.59 Å². The van der Waals surface area contributed by atoms with E-state index in [1.807, 2.05) is 48.5 Å². The number of amides is 2. The quantitative estimate of drug-likeness (QED) is 0.421. The van der Waals surface area contributed by atoms with Gasteiger partial charge in [-0.2, -0.15) is 0 Å². The van der Waals surface area contributed by atoms with E-state index in [9.17, 15) is 9.59 Å². The maximum Gasteiger partial charge on any atom is 0.252 e. The number of nitrogens with one attached hydrogen (secondary N) is 3. The predicted octanol–water partition coefficient (Wildman–Crippen LogP) is 2.79. The molecule has 0 atom stereocenters. The number of primary amides is 1. The highest BCUT2D eigenvalue weighted by molar-refractivity contribution is 6.41. The van der Waals surface area contributed by atoms with Gasteiger partial charge in [-0.1, -0.05) is 36.4 Å². The molecule has 4 aromatic rings. The second-order valence-corrected chi connectivity index (χ2v) is 6.19. The second kappa shape index (κ2) is 6.49. The Morgan fingerprint density at radius 1 is 0.815 bits per heavy atom. The molecule has 0 spiro atoms. The molecule has 0 aliphatic rings. The number of aromatic nitrogens is 2. The van der Waals surface area contributed by atoms with Gasteiger partial charge in [-0.3, -0.25) is 9.59 Å². The number of benzene rings is 2. The molecule has 0 aliphatic carbocycles. The normalized spacial score (nSPS) is 12.2. The fraction of sp³-hybridized carbons (Fsp3) is 0.0476. The average Bonchev–Trinajstić information content (AvgIpc) is 3.29. The number of carbonyl (C=O) groups excluding carboxylic acids is 2. The predicted molar refractivity (Wildman–Crippen MR) is 107 cm³/mol. The fourth-order valence-corrected chi connectivity index (χ4v) is 3.44. The smallest absolute Gasteiger partial charge is 0.252 e. The molecule has 2 aromatic carbocycles. The summed E-state index contributed by atoms with van der Waals surface area (Å²) in [5, 5.41) is 4.30. The van der Waals surface area contributed by atoms with Crippen LogP contribution in [0, 0.1) is 0 Å². The first kappa shape index (κ1) is 16.7. The van der Waals surface area contributed by atoms with Crippen LogP contribution < -0.4 is 11.1 Å². The van der Waals surface area contributed by atoms with E-state index in [0.29, 0.717) is 11.1 Å². The zero-order chi connectivity index (χ0) is 19.0. The zero-order valence-electron chi connectivity index (χ0n) is 14.7. The summed E-state index contributed by atoms with van der Waals surface area (Å²) in [5.41, 5.74) is 9.14. The maximum absolute atomic E-state index is 12.8. The number of nitrogens with two attached hydrogens (primary N) is 1. The van der Waals surface area contributed by atoms with Crippen molar-refractivity contribution in [1.82, 2.24) is 15.3 Å². The third-order valence-corrected chi connectivity index (χ3v) is 4.67. The number of rotatable bonds is 4. The number of hydrogen-bond donors (Lipinski definition) is 4. The van der Waals surface area contributed by atoms with Crippen molar-refractivity contribution in [2.45, 2.75) is 0 Å². The highest BCUT2D eigenvalue weighted by Gasteiger charge is 2.25. The van der Waals surface area contributed by atoms with E-state index in [2.05, 4.69) is 15.3 Å². The lowest BCUT2D eigenvalue weighted by atomic mass is 9.93. The average molecular weight is 358 g/mol. The van der Waals surface area contributed by atoms with Gasteiger partial charge in [-0.25, -0.2) is 0 Å². The van der Waals surface area contributed by atoms with Crippen molar-refractivity contribution in [3.63, 3.8) is 0 Å². The van der Waals surface area contributed by atoms with Gasteiger partial charge in [0.1, 0.15) is 0 Å². The molecule has 0 bridgehead atoms. The molecule has 134 valence electrons. The summed E-state index contributed by atoms with van der Waals surface area (Å²) in [6.45, 7) is 0. The van der Waals surface area contributed by atoms with Gasteiger partial charge in [0.15, 0.2) is 0 Å². The molecule has 4 rings (SSSR count). The van der Waals surface area contributed by atoms with E-state index in [1.165, 1.54) is 7.05 Å². The summed E-state index contributed by atoms with van der Waals surface area (Å²) in [7, 11) is 1.53. The Balaban J connectivity index is 2.10. The van der Waals surface area contributed by atoms with Gasteiger partial charge in [-0.05, 0) is 12.1 Å². The number of fused-ring (bicyclic) bond motifs is 2. The van der Waals surface area contributed by atoms with E-state index < -0.39 is 5.91 Å². The van der Waals surface area contributed by atoms with Gasteiger partial charge in [-0.15, -0.1) is 0 Å². The van der Waals surface area contributed by atoms with Crippen LogP contribution in [0.3, 0.4) is 0 Å². The number of aromatic amines is 2. The second-order valence-electron chi connectivity index (χ2n) is 6.19. The molecule has 27 heavy (non-hydrogen) atoms. The molecule has 0 radical (unpaired) electrons. The van der Waals surface area contributed by atoms with Gasteiger partial charge < -0.3 is 21.0 Å². The highest BCUT2D eigenvalue weighted by atomic mass is 16.2. The topological polar surface area (TPSA) is 104 Å². The van der Waals surface area contributed by atoms with Crippen molar-refractivity contribution in [3.05, 3.63) is 72.1 Å². The molecule has 0 unspecified atom stereocenters. The van der Waals surface area contributed by atoms with Crippen LogP contribution in [0.4, 0.5) is 0 Å². The van der Waals surface area contributed by atoms with Gasteiger partial charge >= 0.3 is 0 Å². The van der Waals surface area contributed by atoms with Crippen molar-refractivity contribution in [1.29, 1.82) is 0 Å². The monoisotopic (exact) mass is 358 g/mol. The van der Waals surface area contributed by atoms with Crippen molar-refractivity contribution in [2.75, 3.05) is 7.05 Å². The minimum Gasteiger partial charge on any atom is -0.366 e. The van der Waals surface area contributed by atoms with E-state index in [0.717, 1.165) is 21.8 Å². The number of carbonyl (C=O) groups is 2.